The van der Waals surface area contributed by atoms with E-state index in [4.69, 9.17) is 5.11 Å². The van der Waals surface area contributed by atoms with Crippen molar-refractivity contribution in [1.82, 2.24) is 0 Å². The highest BCUT2D eigenvalue weighted by Crippen LogP contribution is 2.47. The lowest BCUT2D eigenvalue weighted by Gasteiger charge is -2.18. The van der Waals surface area contributed by atoms with Gasteiger partial charge in [-0.05, 0) is 37.0 Å². The van der Waals surface area contributed by atoms with E-state index in [1.807, 2.05) is 0 Å². The van der Waals surface area contributed by atoms with Crippen molar-refractivity contribution in [2.45, 2.75) is 25.7 Å². The Balaban J connectivity index is 2.01. The van der Waals surface area contributed by atoms with Gasteiger partial charge in [-0.2, -0.15) is 0 Å². The highest BCUT2D eigenvalue weighted by Gasteiger charge is 2.38. The molecule has 0 aliphatic heterocycles. The molecule has 0 aromatic heterocycles. The Hall–Kier alpha value is -0.0400. The zero-order valence-corrected chi connectivity index (χ0v) is 5.71. The van der Waals surface area contributed by atoms with E-state index in [9.17, 15) is 0 Å². The molecule has 0 saturated heterocycles. The minimum absolute atomic E-state index is 0.446. The van der Waals surface area contributed by atoms with Crippen molar-refractivity contribution >= 4 is 0 Å². The second-order valence-electron chi connectivity index (χ2n) is 3.62. The van der Waals surface area contributed by atoms with E-state index in [-0.39, 0.29) is 0 Å². The van der Waals surface area contributed by atoms with Crippen LogP contribution >= 0.6 is 0 Å². The number of aliphatic hydroxyl groups excluding tert-OH is 1. The first-order chi connectivity index (χ1) is 4.40. The second-order valence-corrected chi connectivity index (χ2v) is 3.62. The first-order valence-electron chi connectivity index (χ1n) is 4.01. The van der Waals surface area contributed by atoms with Crippen molar-refractivity contribution in [2.75, 3.05) is 6.61 Å². The van der Waals surface area contributed by atoms with Crippen molar-refractivity contribution in [1.29, 1.82) is 0 Å². The summed E-state index contributed by atoms with van der Waals surface area (Å²) in [5.74, 6) is 2.58. The van der Waals surface area contributed by atoms with E-state index in [0.29, 0.717) is 12.5 Å². The van der Waals surface area contributed by atoms with Crippen LogP contribution in [0.4, 0.5) is 0 Å². The van der Waals surface area contributed by atoms with Crippen LogP contribution in [0.5, 0.6) is 0 Å². The SMILES string of the molecule is OC[C@@H]1C[C@H]2CC[C@@H]1C2. The van der Waals surface area contributed by atoms with Gasteiger partial charge < -0.3 is 5.11 Å². The summed E-state index contributed by atoms with van der Waals surface area (Å²) in [7, 11) is 0. The standard InChI is InChI=1S/C8H14O/c9-5-8-4-6-1-2-7(8)3-6/h6-9H,1-5H2/t6-,7+,8-/m0/s1. The zero-order valence-electron chi connectivity index (χ0n) is 5.71. The van der Waals surface area contributed by atoms with Gasteiger partial charge in [0.2, 0.25) is 0 Å². The first-order valence-corrected chi connectivity index (χ1v) is 4.01. The maximum Gasteiger partial charge on any atom is 0.0462 e. The molecule has 0 unspecified atom stereocenters. The molecule has 0 amide bonds. The van der Waals surface area contributed by atoms with E-state index >= 15 is 0 Å². The Bertz CT molecular complexity index is 111. The number of hydrogen-bond acceptors (Lipinski definition) is 1. The Morgan fingerprint density at radius 2 is 2.11 bits per heavy atom. The van der Waals surface area contributed by atoms with Crippen molar-refractivity contribution < 1.29 is 5.11 Å². The molecule has 1 N–H and O–H groups in total. The van der Waals surface area contributed by atoms with Crippen LogP contribution in [-0.2, 0) is 0 Å². The van der Waals surface area contributed by atoms with Gasteiger partial charge >= 0.3 is 0 Å². The Labute approximate surface area is 56.1 Å². The van der Waals surface area contributed by atoms with E-state index in [1.165, 1.54) is 25.7 Å². The Morgan fingerprint density at radius 3 is 2.44 bits per heavy atom. The monoisotopic (exact) mass is 126 g/mol. The highest BCUT2D eigenvalue weighted by molar-refractivity contribution is 4.89. The van der Waals surface area contributed by atoms with Crippen molar-refractivity contribution in [2.24, 2.45) is 17.8 Å². The topological polar surface area (TPSA) is 20.2 Å². The molecule has 2 rings (SSSR count). The summed E-state index contributed by atoms with van der Waals surface area (Å²) in [6, 6.07) is 0. The number of hydrogen-bond donors (Lipinski definition) is 1. The third-order valence-electron chi connectivity index (χ3n) is 3.12. The second kappa shape index (κ2) is 1.98. The molecule has 2 saturated carbocycles. The summed E-state index contributed by atoms with van der Waals surface area (Å²) in [6.07, 6.45) is 5.59. The van der Waals surface area contributed by atoms with Crippen molar-refractivity contribution in [3.63, 3.8) is 0 Å². The molecule has 0 radical (unpaired) electrons. The maximum atomic E-state index is 8.89. The van der Waals surface area contributed by atoms with Gasteiger partial charge in [0, 0.05) is 6.61 Å². The summed E-state index contributed by atoms with van der Waals surface area (Å²) in [6.45, 7) is 0.446. The van der Waals surface area contributed by atoms with Crippen LogP contribution in [0.1, 0.15) is 25.7 Å². The maximum absolute atomic E-state index is 8.89. The summed E-state index contributed by atoms with van der Waals surface area (Å²) in [5.41, 5.74) is 0. The van der Waals surface area contributed by atoms with Gasteiger partial charge in [-0.1, -0.05) is 6.42 Å². The van der Waals surface area contributed by atoms with Crippen LogP contribution in [0.2, 0.25) is 0 Å². The molecule has 2 fully saturated rings. The third-order valence-corrected chi connectivity index (χ3v) is 3.12. The minimum Gasteiger partial charge on any atom is -0.396 e. The van der Waals surface area contributed by atoms with Gasteiger partial charge in [0.25, 0.3) is 0 Å². The van der Waals surface area contributed by atoms with Crippen LogP contribution in [0, 0.1) is 17.8 Å². The fraction of sp³-hybridized carbons (Fsp3) is 1.00. The molecule has 52 valence electrons. The predicted molar refractivity (Wildman–Crippen MR) is 36.0 cm³/mol. The Morgan fingerprint density at radius 1 is 1.22 bits per heavy atom. The van der Waals surface area contributed by atoms with Crippen LogP contribution in [0.15, 0.2) is 0 Å². The molecular weight excluding hydrogens is 112 g/mol. The molecule has 2 bridgehead atoms. The highest BCUT2D eigenvalue weighted by atomic mass is 16.3. The quantitative estimate of drug-likeness (QED) is 0.563. The van der Waals surface area contributed by atoms with Gasteiger partial charge in [-0.3, -0.25) is 0 Å². The average molecular weight is 126 g/mol. The molecule has 3 atom stereocenters. The van der Waals surface area contributed by atoms with Gasteiger partial charge in [0.05, 0.1) is 0 Å². The van der Waals surface area contributed by atoms with Crippen LogP contribution in [0.3, 0.4) is 0 Å². The molecule has 0 spiro atoms. The molecule has 9 heavy (non-hydrogen) atoms. The summed E-state index contributed by atoms with van der Waals surface area (Å²) in [5, 5.41) is 8.89. The minimum atomic E-state index is 0.446. The van der Waals surface area contributed by atoms with Crippen LogP contribution < -0.4 is 0 Å². The average Bonchev–Trinajstić information content (AvgIpc) is 2.45. The first kappa shape index (κ1) is 5.72. The van der Waals surface area contributed by atoms with Crippen molar-refractivity contribution in [3.8, 4) is 0 Å². The molecule has 2 aliphatic rings. The van der Waals surface area contributed by atoms with Gasteiger partial charge in [-0.25, -0.2) is 0 Å². The van der Waals surface area contributed by atoms with E-state index < -0.39 is 0 Å². The molecule has 0 aromatic carbocycles. The van der Waals surface area contributed by atoms with Gasteiger partial charge in [0.1, 0.15) is 0 Å². The summed E-state index contributed by atoms with van der Waals surface area (Å²) < 4.78 is 0. The normalized spacial score (nSPS) is 48.3. The fourth-order valence-corrected chi connectivity index (χ4v) is 2.60. The number of rotatable bonds is 1. The summed E-state index contributed by atoms with van der Waals surface area (Å²) >= 11 is 0. The van der Waals surface area contributed by atoms with Gasteiger partial charge in [-0.15, -0.1) is 0 Å². The lowest BCUT2D eigenvalue weighted by molar-refractivity contribution is 0.177. The predicted octanol–water partition coefficient (Wildman–Crippen LogP) is 1.41. The zero-order chi connectivity index (χ0) is 6.27. The molecule has 1 heteroatoms. The van der Waals surface area contributed by atoms with E-state index in [1.54, 1.807) is 0 Å². The van der Waals surface area contributed by atoms with E-state index in [2.05, 4.69) is 0 Å². The smallest absolute Gasteiger partial charge is 0.0462 e. The van der Waals surface area contributed by atoms with Crippen LogP contribution in [-0.4, -0.2) is 11.7 Å². The lowest BCUT2D eigenvalue weighted by Crippen LogP contribution is -2.13. The largest absolute Gasteiger partial charge is 0.396 e. The molecule has 0 aromatic rings. The third kappa shape index (κ3) is 0.787. The molecular formula is C8H14O. The molecule has 1 nitrogen and oxygen atoms in total. The number of fused-ring (bicyclic) bond motifs is 2. The molecule has 2 aliphatic carbocycles. The molecule has 0 heterocycles. The summed E-state index contributed by atoms with van der Waals surface area (Å²) in [4.78, 5) is 0. The fourth-order valence-electron chi connectivity index (χ4n) is 2.60. The van der Waals surface area contributed by atoms with Crippen molar-refractivity contribution in [3.05, 3.63) is 0 Å². The van der Waals surface area contributed by atoms with E-state index in [0.717, 1.165) is 11.8 Å². The Kier molecular flexibility index (Phi) is 1.26. The lowest BCUT2D eigenvalue weighted by atomic mass is 9.90. The van der Waals surface area contributed by atoms with Gasteiger partial charge in [0.15, 0.2) is 0 Å². The number of aliphatic hydroxyl groups is 1. The van der Waals surface area contributed by atoms with Crippen LogP contribution in [0.25, 0.3) is 0 Å².